The molecule has 3 rings (SSSR count). The Kier molecular flexibility index (Phi) is 2.27. The molecular formula is C15H17NO2. The number of carbonyl (C=O) groups excluding carboxylic acids is 1. The lowest BCUT2D eigenvalue weighted by Gasteiger charge is -2.28. The first-order valence-corrected chi connectivity index (χ1v) is 6.22. The molecule has 0 saturated heterocycles. The minimum atomic E-state index is 0.0399. The third-order valence-corrected chi connectivity index (χ3v) is 3.66. The number of ether oxygens (including phenoxy) is 1. The van der Waals surface area contributed by atoms with Crippen LogP contribution >= 0.6 is 0 Å². The van der Waals surface area contributed by atoms with Crippen molar-refractivity contribution < 1.29 is 9.53 Å². The van der Waals surface area contributed by atoms with Gasteiger partial charge in [0.1, 0.15) is 5.75 Å². The van der Waals surface area contributed by atoms with Crippen LogP contribution in [0.3, 0.4) is 0 Å². The SMILES string of the molecule is COc1cccc2[nH]c3c(c12)C(=O)CC(C)(C)C3. The molecule has 94 valence electrons. The number of hydrogen-bond acceptors (Lipinski definition) is 2. The minimum Gasteiger partial charge on any atom is -0.496 e. The first kappa shape index (κ1) is 11.3. The second kappa shape index (κ2) is 3.61. The van der Waals surface area contributed by atoms with Crippen molar-refractivity contribution in [3.8, 4) is 5.75 Å². The van der Waals surface area contributed by atoms with Crippen molar-refractivity contribution in [2.75, 3.05) is 7.11 Å². The summed E-state index contributed by atoms with van der Waals surface area (Å²) in [7, 11) is 1.64. The first-order valence-electron chi connectivity index (χ1n) is 6.22. The fourth-order valence-corrected chi connectivity index (χ4v) is 2.94. The molecule has 0 spiro atoms. The largest absolute Gasteiger partial charge is 0.496 e. The standard InChI is InChI=1S/C15H17NO2/c1-15(2)7-10-13(11(17)8-15)14-9(16-10)5-4-6-12(14)18-3/h4-6,16H,7-8H2,1-3H3. The molecule has 18 heavy (non-hydrogen) atoms. The van der Waals surface area contributed by atoms with E-state index in [-0.39, 0.29) is 11.2 Å². The number of fused-ring (bicyclic) bond motifs is 3. The fraction of sp³-hybridized carbons (Fsp3) is 0.400. The number of Topliss-reactive ketones (excluding diaryl/α,β-unsaturated/α-hetero) is 1. The van der Waals surface area contributed by atoms with Crippen molar-refractivity contribution >= 4 is 16.7 Å². The predicted octanol–water partition coefficient (Wildman–Crippen LogP) is 3.33. The number of hydrogen-bond donors (Lipinski definition) is 1. The lowest BCUT2D eigenvalue weighted by molar-refractivity contribution is 0.0913. The van der Waals surface area contributed by atoms with E-state index in [1.807, 2.05) is 18.2 Å². The number of benzene rings is 1. The molecule has 0 saturated carbocycles. The Morgan fingerprint density at radius 2 is 2.06 bits per heavy atom. The third-order valence-electron chi connectivity index (χ3n) is 3.66. The van der Waals surface area contributed by atoms with E-state index in [0.717, 1.165) is 34.3 Å². The van der Waals surface area contributed by atoms with Gasteiger partial charge >= 0.3 is 0 Å². The van der Waals surface area contributed by atoms with Crippen LogP contribution in [0.2, 0.25) is 0 Å². The van der Waals surface area contributed by atoms with Crippen molar-refractivity contribution in [3.63, 3.8) is 0 Å². The lowest BCUT2D eigenvalue weighted by Crippen LogP contribution is -2.26. The average molecular weight is 243 g/mol. The summed E-state index contributed by atoms with van der Waals surface area (Å²) < 4.78 is 5.38. The molecule has 0 fully saturated rings. The molecule has 0 unspecified atom stereocenters. The zero-order chi connectivity index (χ0) is 12.9. The van der Waals surface area contributed by atoms with Gasteiger partial charge in [-0.2, -0.15) is 0 Å². The maximum Gasteiger partial charge on any atom is 0.165 e. The van der Waals surface area contributed by atoms with Crippen molar-refractivity contribution in [1.82, 2.24) is 4.98 Å². The van der Waals surface area contributed by atoms with E-state index in [9.17, 15) is 4.79 Å². The van der Waals surface area contributed by atoms with Gasteiger partial charge in [-0.15, -0.1) is 0 Å². The topological polar surface area (TPSA) is 42.1 Å². The number of H-pyrrole nitrogens is 1. The van der Waals surface area contributed by atoms with Crippen LogP contribution < -0.4 is 4.74 Å². The highest BCUT2D eigenvalue weighted by atomic mass is 16.5. The smallest absolute Gasteiger partial charge is 0.165 e. The van der Waals surface area contributed by atoms with Gasteiger partial charge < -0.3 is 9.72 Å². The Bertz CT molecular complexity index is 637. The molecule has 3 nitrogen and oxygen atoms in total. The van der Waals surface area contributed by atoms with Gasteiger partial charge in [-0.25, -0.2) is 0 Å². The number of rotatable bonds is 1. The van der Waals surface area contributed by atoms with Crippen LogP contribution in [-0.2, 0) is 6.42 Å². The molecule has 3 heteroatoms. The first-order chi connectivity index (χ1) is 8.52. The van der Waals surface area contributed by atoms with E-state index in [1.54, 1.807) is 7.11 Å². The normalized spacial score (nSPS) is 17.8. The summed E-state index contributed by atoms with van der Waals surface area (Å²) in [6.07, 6.45) is 1.51. The van der Waals surface area contributed by atoms with Crippen LogP contribution in [0.1, 0.15) is 36.3 Å². The summed E-state index contributed by atoms with van der Waals surface area (Å²) in [4.78, 5) is 15.7. The quantitative estimate of drug-likeness (QED) is 0.834. The highest BCUT2D eigenvalue weighted by Gasteiger charge is 2.34. The zero-order valence-corrected chi connectivity index (χ0v) is 11.0. The van der Waals surface area contributed by atoms with Gasteiger partial charge in [0.15, 0.2) is 5.78 Å². The van der Waals surface area contributed by atoms with Gasteiger partial charge in [0.2, 0.25) is 0 Å². The summed E-state index contributed by atoms with van der Waals surface area (Å²) >= 11 is 0. The molecule has 1 aliphatic rings. The van der Waals surface area contributed by atoms with Crippen LogP contribution in [0.25, 0.3) is 10.9 Å². The lowest BCUT2D eigenvalue weighted by atomic mass is 9.76. The number of carbonyl (C=O) groups is 1. The van der Waals surface area contributed by atoms with Gasteiger partial charge in [-0.1, -0.05) is 19.9 Å². The van der Waals surface area contributed by atoms with E-state index in [0.29, 0.717) is 6.42 Å². The molecule has 0 aliphatic heterocycles. The highest BCUT2D eigenvalue weighted by Crippen LogP contribution is 2.40. The zero-order valence-electron chi connectivity index (χ0n) is 11.0. The predicted molar refractivity (Wildman–Crippen MR) is 71.3 cm³/mol. The average Bonchev–Trinajstić information content (AvgIpc) is 2.64. The minimum absolute atomic E-state index is 0.0399. The van der Waals surface area contributed by atoms with Gasteiger partial charge in [-0.05, 0) is 24.0 Å². The monoisotopic (exact) mass is 243 g/mol. The van der Waals surface area contributed by atoms with Crippen LogP contribution in [0.5, 0.6) is 5.75 Å². The molecule has 0 bridgehead atoms. The maximum absolute atomic E-state index is 12.4. The molecule has 0 amide bonds. The van der Waals surface area contributed by atoms with Gasteiger partial charge in [-0.3, -0.25) is 4.79 Å². The number of methoxy groups -OCH3 is 1. The number of aromatic nitrogens is 1. The van der Waals surface area contributed by atoms with E-state index in [2.05, 4.69) is 18.8 Å². The van der Waals surface area contributed by atoms with E-state index >= 15 is 0 Å². The number of nitrogens with one attached hydrogen (secondary N) is 1. The Balaban J connectivity index is 2.32. The van der Waals surface area contributed by atoms with Crippen LogP contribution in [0.15, 0.2) is 18.2 Å². The summed E-state index contributed by atoms with van der Waals surface area (Å²) in [6, 6.07) is 5.85. The Hall–Kier alpha value is -1.77. The van der Waals surface area contributed by atoms with Crippen molar-refractivity contribution in [2.24, 2.45) is 5.41 Å². The fourth-order valence-electron chi connectivity index (χ4n) is 2.94. The summed E-state index contributed by atoms with van der Waals surface area (Å²) in [6.45, 7) is 4.27. The second-order valence-corrected chi connectivity index (χ2v) is 5.80. The van der Waals surface area contributed by atoms with Crippen LogP contribution in [0, 0.1) is 5.41 Å². The molecule has 2 aromatic rings. The molecule has 1 aromatic heterocycles. The van der Waals surface area contributed by atoms with E-state index in [4.69, 9.17) is 4.74 Å². The van der Waals surface area contributed by atoms with Crippen molar-refractivity contribution in [3.05, 3.63) is 29.5 Å². The van der Waals surface area contributed by atoms with Gasteiger partial charge in [0.05, 0.1) is 18.0 Å². The molecule has 1 N–H and O–H groups in total. The summed E-state index contributed by atoms with van der Waals surface area (Å²) in [5.41, 5.74) is 2.92. The Morgan fingerprint density at radius 3 is 2.78 bits per heavy atom. The highest BCUT2D eigenvalue weighted by molar-refractivity contribution is 6.12. The third kappa shape index (κ3) is 1.54. The molecule has 1 aliphatic carbocycles. The molecule has 1 heterocycles. The number of ketones is 1. The van der Waals surface area contributed by atoms with Gasteiger partial charge in [0.25, 0.3) is 0 Å². The summed E-state index contributed by atoms with van der Waals surface area (Å²) in [5.74, 6) is 0.995. The van der Waals surface area contributed by atoms with Crippen molar-refractivity contribution in [1.29, 1.82) is 0 Å². The summed E-state index contributed by atoms with van der Waals surface area (Å²) in [5, 5.41) is 0.940. The molecule has 0 radical (unpaired) electrons. The Morgan fingerprint density at radius 1 is 1.28 bits per heavy atom. The molecular weight excluding hydrogens is 226 g/mol. The molecule has 1 aromatic carbocycles. The number of aromatic amines is 1. The Labute approximate surface area is 106 Å². The maximum atomic E-state index is 12.4. The van der Waals surface area contributed by atoms with Gasteiger partial charge in [0, 0.05) is 17.7 Å². The van der Waals surface area contributed by atoms with Crippen LogP contribution in [-0.4, -0.2) is 17.9 Å². The van der Waals surface area contributed by atoms with E-state index in [1.165, 1.54) is 0 Å². The molecule has 0 atom stereocenters. The van der Waals surface area contributed by atoms with Crippen LogP contribution in [0.4, 0.5) is 0 Å². The van der Waals surface area contributed by atoms with Crippen molar-refractivity contribution in [2.45, 2.75) is 26.7 Å². The van der Waals surface area contributed by atoms with E-state index < -0.39 is 0 Å². The second-order valence-electron chi connectivity index (χ2n) is 5.80.